The molecule has 0 atom stereocenters. The standard InChI is InChI=1S/C16H20N4O4/c1-5-24-15(21)16(3,4)19-10-12(9-17-19)18-13-7-6-11(2)8-14(13)20(22)23/h6-10,18H,5H2,1-4H3. The summed E-state index contributed by atoms with van der Waals surface area (Å²) in [5.41, 5.74) is 0.701. The zero-order chi connectivity index (χ0) is 17.9. The van der Waals surface area contributed by atoms with Crippen LogP contribution in [0.5, 0.6) is 0 Å². The van der Waals surface area contributed by atoms with Gasteiger partial charge in [0.05, 0.1) is 23.4 Å². The number of nitro groups is 1. The van der Waals surface area contributed by atoms with Crippen molar-refractivity contribution in [3.8, 4) is 0 Å². The number of nitrogens with zero attached hydrogens (tertiary/aromatic N) is 3. The summed E-state index contributed by atoms with van der Waals surface area (Å²) in [5.74, 6) is -0.402. The summed E-state index contributed by atoms with van der Waals surface area (Å²) < 4.78 is 6.51. The first-order valence-electron chi connectivity index (χ1n) is 7.50. The van der Waals surface area contributed by atoms with Crippen molar-refractivity contribution in [1.82, 2.24) is 9.78 Å². The van der Waals surface area contributed by atoms with Gasteiger partial charge in [0.2, 0.25) is 0 Å². The van der Waals surface area contributed by atoms with Gasteiger partial charge in [0, 0.05) is 12.3 Å². The summed E-state index contributed by atoms with van der Waals surface area (Å²) >= 11 is 0. The number of carbonyl (C=O) groups excluding carboxylic acids is 1. The predicted octanol–water partition coefficient (Wildman–Crippen LogP) is 3.14. The van der Waals surface area contributed by atoms with Gasteiger partial charge in [0.25, 0.3) is 5.69 Å². The van der Waals surface area contributed by atoms with E-state index in [9.17, 15) is 14.9 Å². The molecule has 1 aromatic heterocycles. The third-order valence-corrected chi connectivity index (χ3v) is 3.56. The number of rotatable bonds is 6. The number of hydrogen-bond donors (Lipinski definition) is 1. The van der Waals surface area contributed by atoms with E-state index < -0.39 is 16.4 Å². The van der Waals surface area contributed by atoms with Gasteiger partial charge in [0.1, 0.15) is 5.69 Å². The van der Waals surface area contributed by atoms with Gasteiger partial charge in [-0.3, -0.25) is 14.8 Å². The lowest BCUT2D eigenvalue weighted by molar-refractivity contribution is -0.384. The number of aromatic nitrogens is 2. The highest BCUT2D eigenvalue weighted by atomic mass is 16.6. The Kier molecular flexibility index (Phi) is 4.87. The van der Waals surface area contributed by atoms with E-state index in [4.69, 9.17) is 4.74 Å². The molecule has 0 unspecified atom stereocenters. The van der Waals surface area contributed by atoms with Crippen LogP contribution in [0.3, 0.4) is 0 Å². The van der Waals surface area contributed by atoms with Crippen molar-refractivity contribution >= 4 is 23.0 Å². The van der Waals surface area contributed by atoms with Gasteiger partial charge >= 0.3 is 5.97 Å². The van der Waals surface area contributed by atoms with Gasteiger partial charge in [-0.25, -0.2) is 4.79 Å². The first-order valence-corrected chi connectivity index (χ1v) is 7.50. The van der Waals surface area contributed by atoms with E-state index >= 15 is 0 Å². The van der Waals surface area contributed by atoms with Crippen molar-refractivity contribution < 1.29 is 14.5 Å². The molecule has 24 heavy (non-hydrogen) atoms. The van der Waals surface area contributed by atoms with Crippen LogP contribution in [0.4, 0.5) is 17.1 Å². The number of nitro benzene ring substituents is 1. The molecule has 0 radical (unpaired) electrons. The molecule has 1 N–H and O–H groups in total. The maximum Gasteiger partial charge on any atom is 0.333 e. The van der Waals surface area contributed by atoms with E-state index in [0.29, 0.717) is 11.4 Å². The Morgan fingerprint density at radius 2 is 2.17 bits per heavy atom. The molecular weight excluding hydrogens is 312 g/mol. The van der Waals surface area contributed by atoms with Crippen molar-refractivity contribution in [2.24, 2.45) is 0 Å². The molecule has 128 valence electrons. The number of hydrogen-bond acceptors (Lipinski definition) is 6. The SMILES string of the molecule is CCOC(=O)C(C)(C)n1cc(Nc2ccc(C)cc2[N+](=O)[O-])cn1. The minimum Gasteiger partial charge on any atom is -0.464 e. The molecule has 8 nitrogen and oxygen atoms in total. The Balaban J connectivity index is 2.27. The third kappa shape index (κ3) is 3.53. The van der Waals surface area contributed by atoms with E-state index in [-0.39, 0.29) is 12.3 Å². The Labute approximate surface area is 139 Å². The fraction of sp³-hybridized carbons (Fsp3) is 0.375. The van der Waals surface area contributed by atoms with Gasteiger partial charge in [0.15, 0.2) is 5.54 Å². The molecule has 0 aliphatic carbocycles. The van der Waals surface area contributed by atoms with E-state index in [1.807, 2.05) is 0 Å². The molecule has 0 saturated heterocycles. The Morgan fingerprint density at radius 3 is 2.79 bits per heavy atom. The van der Waals surface area contributed by atoms with Crippen LogP contribution < -0.4 is 5.32 Å². The molecule has 1 heterocycles. The van der Waals surface area contributed by atoms with E-state index in [1.54, 1.807) is 46.0 Å². The monoisotopic (exact) mass is 332 g/mol. The van der Waals surface area contributed by atoms with Gasteiger partial charge in [-0.05, 0) is 39.3 Å². The van der Waals surface area contributed by atoms with Crippen molar-refractivity contribution in [1.29, 1.82) is 0 Å². The van der Waals surface area contributed by atoms with Crippen LogP contribution in [0.2, 0.25) is 0 Å². The number of ether oxygens (including phenoxy) is 1. The van der Waals surface area contributed by atoms with Crippen molar-refractivity contribution in [3.05, 3.63) is 46.3 Å². The summed E-state index contributed by atoms with van der Waals surface area (Å²) in [6.45, 7) is 7.19. The molecule has 0 spiro atoms. The third-order valence-electron chi connectivity index (χ3n) is 3.56. The molecule has 2 rings (SSSR count). The van der Waals surface area contributed by atoms with Crippen LogP contribution in [-0.2, 0) is 15.1 Å². The fourth-order valence-electron chi connectivity index (χ4n) is 2.15. The average molecular weight is 332 g/mol. The first-order chi connectivity index (χ1) is 11.3. The molecule has 0 aliphatic heterocycles. The molecule has 8 heteroatoms. The smallest absolute Gasteiger partial charge is 0.333 e. The highest BCUT2D eigenvalue weighted by Gasteiger charge is 2.32. The number of benzene rings is 1. The summed E-state index contributed by atoms with van der Waals surface area (Å²) in [6, 6.07) is 4.92. The number of carbonyl (C=O) groups is 1. The molecule has 0 amide bonds. The largest absolute Gasteiger partial charge is 0.464 e. The quantitative estimate of drug-likeness (QED) is 0.495. The summed E-state index contributed by atoms with van der Waals surface area (Å²) in [7, 11) is 0. The summed E-state index contributed by atoms with van der Waals surface area (Å²) in [6.07, 6.45) is 3.12. The Hall–Kier alpha value is -2.90. The van der Waals surface area contributed by atoms with E-state index in [0.717, 1.165) is 5.56 Å². The second-order valence-electron chi connectivity index (χ2n) is 5.86. The summed E-state index contributed by atoms with van der Waals surface area (Å²) in [5, 5.41) is 18.3. The fourth-order valence-corrected chi connectivity index (χ4v) is 2.15. The van der Waals surface area contributed by atoms with Crippen LogP contribution >= 0.6 is 0 Å². The van der Waals surface area contributed by atoms with E-state index in [1.165, 1.54) is 16.9 Å². The minimum absolute atomic E-state index is 0.0209. The molecule has 0 aliphatic rings. The summed E-state index contributed by atoms with van der Waals surface area (Å²) in [4.78, 5) is 22.8. The molecular formula is C16H20N4O4. The zero-order valence-electron chi connectivity index (χ0n) is 14.1. The van der Waals surface area contributed by atoms with Crippen LogP contribution in [0.15, 0.2) is 30.6 Å². The second kappa shape index (κ2) is 6.69. The lowest BCUT2D eigenvalue weighted by atomic mass is 10.1. The topological polar surface area (TPSA) is 99.3 Å². The van der Waals surface area contributed by atoms with Crippen molar-refractivity contribution in [3.63, 3.8) is 0 Å². The van der Waals surface area contributed by atoms with Crippen LogP contribution in [0.25, 0.3) is 0 Å². The number of anilines is 2. The van der Waals surface area contributed by atoms with Crippen LogP contribution in [0.1, 0.15) is 26.3 Å². The van der Waals surface area contributed by atoms with Crippen molar-refractivity contribution in [2.75, 3.05) is 11.9 Å². The van der Waals surface area contributed by atoms with E-state index in [2.05, 4.69) is 10.4 Å². The molecule has 1 aromatic carbocycles. The maximum absolute atomic E-state index is 12.0. The molecule has 2 aromatic rings. The van der Waals surface area contributed by atoms with Gasteiger partial charge in [-0.1, -0.05) is 6.07 Å². The van der Waals surface area contributed by atoms with Gasteiger partial charge in [-0.15, -0.1) is 0 Å². The average Bonchev–Trinajstić information content (AvgIpc) is 2.98. The van der Waals surface area contributed by atoms with Crippen LogP contribution in [-0.4, -0.2) is 27.3 Å². The molecule has 0 saturated carbocycles. The van der Waals surface area contributed by atoms with Gasteiger partial charge in [-0.2, -0.15) is 5.10 Å². The zero-order valence-corrected chi connectivity index (χ0v) is 14.1. The predicted molar refractivity (Wildman–Crippen MR) is 89.3 cm³/mol. The number of aryl methyl sites for hydroxylation is 1. The van der Waals surface area contributed by atoms with Crippen LogP contribution in [0, 0.1) is 17.0 Å². The molecule has 0 fully saturated rings. The molecule has 0 bridgehead atoms. The Morgan fingerprint density at radius 1 is 1.46 bits per heavy atom. The van der Waals surface area contributed by atoms with Crippen molar-refractivity contribution in [2.45, 2.75) is 33.2 Å². The lowest BCUT2D eigenvalue weighted by Crippen LogP contribution is -2.37. The maximum atomic E-state index is 12.0. The number of nitrogens with one attached hydrogen (secondary N) is 1. The van der Waals surface area contributed by atoms with Gasteiger partial charge < -0.3 is 10.1 Å². The first kappa shape index (κ1) is 17.5. The normalized spacial score (nSPS) is 11.2. The highest BCUT2D eigenvalue weighted by Crippen LogP contribution is 2.29. The lowest BCUT2D eigenvalue weighted by Gasteiger charge is -2.22. The Bertz CT molecular complexity index is 767. The minimum atomic E-state index is -0.977. The second-order valence-corrected chi connectivity index (χ2v) is 5.86. The number of esters is 1. The highest BCUT2D eigenvalue weighted by molar-refractivity contribution is 5.78.